The summed E-state index contributed by atoms with van der Waals surface area (Å²) < 4.78 is 66.5. The number of hydrogen-bond donors (Lipinski definition) is 2. The summed E-state index contributed by atoms with van der Waals surface area (Å²) in [7, 11) is 0. The van der Waals surface area contributed by atoms with Crippen LogP contribution in [0, 0.1) is 5.92 Å². The van der Waals surface area contributed by atoms with Gasteiger partial charge in [0, 0.05) is 11.5 Å². The molecule has 2 N–H and O–H groups in total. The highest BCUT2D eigenvalue weighted by molar-refractivity contribution is 5.46. The number of aliphatic hydroxyl groups excluding tert-OH is 1. The van der Waals surface area contributed by atoms with E-state index in [9.17, 15) is 22.0 Å². The first-order chi connectivity index (χ1) is 8.64. The first-order valence-electron chi connectivity index (χ1n) is 5.56. The first kappa shape index (κ1) is 12.8. The molecule has 3 rings (SSSR count). The molecular formula is C10H9F5N2O2. The number of nitrogens with zero attached hydrogens (tertiary/aromatic N) is 2. The molecule has 19 heavy (non-hydrogen) atoms. The Bertz CT molecular complexity index is 537. The van der Waals surface area contributed by atoms with E-state index in [0.717, 1.165) is 0 Å². The average Bonchev–Trinajstić information content (AvgIpc) is 2.87. The van der Waals surface area contributed by atoms with Crippen LogP contribution in [0.2, 0.25) is 0 Å². The Morgan fingerprint density at radius 1 is 1.37 bits per heavy atom. The van der Waals surface area contributed by atoms with Gasteiger partial charge in [-0.05, 0) is 12.3 Å². The van der Waals surface area contributed by atoms with Crippen LogP contribution in [0.3, 0.4) is 0 Å². The Hall–Kier alpha value is -1.22. The predicted molar refractivity (Wildman–Crippen MR) is 50.2 cm³/mol. The third-order valence-corrected chi connectivity index (χ3v) is 3.54. The van der Waals surface area contributed by atoms with E-state index < -0.39 is 53.7 Å². The molecule has 4 nitrogen and oxygen atoms in total. The van der Waals surface area contributed by atoms with Gasteiger partial charge in [0.2, 0.25) is 0 Å². The van der Waals surface area contributed by atoms with Gasteiger partial charge in [0.1, 0.15) is 5.69 Å². The van der Waals surface area contributed by atoms with Gasteiger partial charge in [-0.2, -0.15) is 27.1 Å². The maximum Gasteiger partial charge on any atom is 0.435 e. The van der Waals surface area contributed by atoms with Gasteiger partial charge >= 0.3 is 6.18 Å². The molecule has 0 amide bonds. The summed E-state index contributed by atoms with van der Waals surface area (Å²) in [6.07, 6.45) is -6.86. The second-order valence-corrected chi connectivity index (χ2v) is 4.84. The molecule has 2 aliphatic carbocycles. The molecule has 1 aromatic rings. The standard InChI is InChI=1S/C10H9F5N2O2/c11-9(12)4-1-3(4)6-7(10(13,14)15)16-17(8(6)9)2-5(18)19/h3-5,18-19H,1-2H2/t3-,4+/m0/s1. The van der Waals surface area contributed by atoms with Crippen LogP contribution in [0.15, 0.2) is 0 Å². The molecule has 9 heteroatoms. The van der Waals surface area contributed by atoms with Gasteiger partial charge in [-0.1, -0.05) is 0 Å². The van der Waals surface area contributed by atoms with Crippen molar-refractivity contribution < 1.29 is 32.2 Å². The third kappa shape index (κ3) is 1.68. The summed E-state index contributed by atoms with van der Waals surface area (Å²) in [6, 6.07) is 0. The predicted octanol–water partition coefficient (Wildman–Crippen LogP) is 1.42. The van der Waals surface area contributed by atoms with Gasteiger partial charge in [-0.25, -0.2) is 0 Å². The van der Waals surface area contributed by atoms with Crippen LogP contribution in [0.5, 0.6) is 0 Å². The first-order valence-corrected chi connectivity index (χ1v) is 5.56. The fourth-order valence-electron chi connectivity index (χ4n) is 2.77. The zero-order chi connectivity index (χ0) is 14.2. The Balaban J connectivity index is 2.17. The summed E-state index contributed by atoms with van der Waals surface area (Å²) in [5.74, 6) is -5.35. The summed E-state index contributed by atoms with van der Waals surface area (Å²) in [4.78, 5) is 0. The second kappa shape index (κ2) is 3.45. The van der Waals surface area contributed by atoms with Crippen molar-refractivity contribution >= 4 is 0 Å². The van der Waals surface area contributed by atoms with E-state index in [-0.39, 0.29) is 6.42 Å². The molecular weight excluding hydrogens is 275 g/mol. The van der Waals surface area contributed by atoms with Gasteiger partial charge in [0.05, 0.1) is 6.54 Å². The largest absolute Gasteiger partial charge is 0.435 e. The molecule has 0 saturated heterocycles. The number of aromatic nitrogens is 2. The molecule has 2 aliphatic rings. The fraction of sp³-hybridized carbons (Fsp3) is 0.700. The van der Waals surface area contributed by atoms with Crippen LogP contribution in [-0.4, -0.2) is 26.3 Å². The molecule has 106 valence electrons. The van der Waals surface area contributed by atoms with Gasteiger partial charge < -0.3 is 10.2 Å². The highest BCUT2D eigenvalue weighted by atomic mass is 19.4. The van der Waals surface area contributed by atoms with Crippen LogP contribution in [-0.2, 0) is 18.6 Å². The minimum atomic E-state index is -4.83. The SMILES string of the molecule is OC(O)Cn1nc(C(F)(F)F)c2c1C(F)(F)[C@@H]1C[C@H]21. The molecule has 2 atom stereocenters. The molecule has 0 bridgehead atoms. The Labute approximate surface area is 103 Å². The lowest BCUT2D eigenvalue weighted by Gasteiger charge is -2.15. The molecule has 0 aliphatic heterocycles. The van der Waals surface area contributed by atoms with Crippen molar-refractivity contribution in [2.45, 2.75) is 37.3 Å². The number of aliphatic hydroxyl groups is 2. The molecule has 0 radical (unpaired) electrons. The molecule has 1 aromatic heterocycles. The minimum Gasteiger partial charge on any atom is -0.367 e. The maximum absolute atomic E-state index is 13.9. The van der Waals surface area contributed by atoms with E-state index in [1.165, 1.54) is 0 Å². The van der Waals surface area contributed by atoms with Crippen LogP contribution in [0.1, 0.15) is 29.3 Å². The van der Waals surface area contributed by atoms with Crippen LogP contribution in [0.25, 0.3) is 0 Å². The number of rotatable bonds is 2. The minimum absolute atomic E-state index is 0.0104. The van der Waals surface area contributed by atoms with Gasteiger partial charge in [0.15, 0.2) is 12.0 Å². The molecule has 1 fully saturated rings. The lowest BCUT2D eigenvalue weighted by Crippen LogP contribution is -2.24. The van der Waals surface area contributed by atoms with E-state index in [1.807, 2.05) is 0 Å². The Kier molecular flexibility index (Phi) is 2.33. The quantitative estimate of drug-likeness (QED) is 0.638. The zero-order valence-electron chi connectivity index (χ0n) is 9.32. The highest BCUT2D eigenvalue weighted by Gasteiger charge is 2.68. The topological polar surface area (TPSA) is 58.3 Å². The van der Waals surface area contributed by atoms with Crippen molar-refractivity contribution in [2.75, 3.05) is 0 Å². The number of alkyl halides is 5. The summed E-state index contributed by atoms with van der Waals surface area (Å²) in [5, 5.41) is 20.6. The summed E-state index contributed by atoms with van der Waals surface area (Å²) in [6.45, 7) is -0.812. The van der Waals surface area contributed by atoms with E-state index >= 15 is 0 Å². The molecule has 1 heterocycles. The van der Waals surface area contributed by atoms with E-state index in [2.05, 4.69) is 5.10 Å². The highest BCUT2D eigenvalue weighted by Crippen LogP contribution is 2.68. The maximum atomic E-state index is 13.9. The molecule has 0 aromatic carbocycles. The van der Waals surface area contributed by atoms with E-state index in [1.54, 1.807) is 0 Å². The molecule has 0 unspecified atom stereocenters. The van der Waals surface area contributed by atoms with Crippen molar-refractivity contribution in [3.05, 3.63) is 17.0 Å². The number of fused-ring (bicyclic) bond motifs is 3. The van der Waals surface area contributed by atoms with E-state index in [0.29, 0.717) is 4.68 Å². The Morgan fingerprint density at radius 2 is 2.00 bits per heavy atom. The Morgan fingerprint density at radius 3 is 2.53 bits per heavy atom. The van der Waals surface area contributed by atoms with Crippen molar-refractivity contribution in [1.82, 2.24) is 9.78 Å². The fourth-order valence-corrected chi connectivity index (χ4v) is 2.77. The van der Waals surface area contributed by atoms with Crippen molar-refractivity contribution in [3.8, 4) is 0 Å². The normalized spacial score (nSPS) is 27.6. The van der Waals surface area contributed by atoms with Gasteiger partial charge in [-0.3, -0.25) is 4.68 Å². The van der Waals surface area contributed by atoms with Crippen molar-refractivity contribution in [2.24, 2.45) is 5.92 Å². The molecule has 1 saturated carbocycles. The lowest BCUT2D eigenvalue weighted by atomic mass is 10.1. The monoisotopic (exact) mass is 284 g/mol. The van der Waals surface area contributed by atoms with Crippen molar-refractivity contribution in [3.63, 3.8) is 0 Å². The van der Waals surface area contributed by atoms with Crippen LogP contribution < -0.4 is 0 Å². The number of hydrogen-bond acceptors (Lipinski definition) is 3. The summed E-state index contributed by atoms with van der Waals surface area (Å²) >= 11 is 0. The summed E-state index contributed by atoms with van der Waals surface area (Å²) in [5.41, 5.74) is -2.65. The smallest absolute Gasteiger partial charge is 0.367 e. The van der Waals surface area contributed by atoms with Crippen LogP contribution in [0.4, 0.5) is 22.0 Å². The van der Waals surface area contributed by atoms with Crippen LogP contribution >= 0.6 is 0 Å². The van der Waals surface area contributed by atoms with E-state index in [4.69, 9.17) is 10.2 Å². The second-order valence-electron chi connectivity index (χ2n) is 4.84. The van der Waals surface area contributed by atoms with Gasteiger partial charge in [0.25, 0.3) is 5.92 Å². The number of halogens is 5. The molecule has 0 spiro atoms. The third-order valence-electron chi connectivity index (χ3n) is 3.54. The van der Waals surface area contributed by atoms with Crippen molar-refractivity contribution in [1.29, 1.82) is 0 Å². The zero-order valence-corrected chi connectivity index (χ0v) is 9.32. The lowest BCUT2D eigenvalue weighted by molar-refractivity contribution is -0.142. The average molecular weight is 284 g/mol. The van der Waals surface area contributed by atoms with Gasteiger partial charge in [-0.15, -0.1) is 0 Å².